The molecule has 7 nitrogen and oxygen atoms in total. The van der Waals surface area contributed by atoms with Crippen LogP contribution in [0.15, 0.2) is 23.6 Å². The molecule has 0 heterocycles. The summed E-state index contributed by atoms with van der Waals surface area (Å²) in [7, 11) is 0. The van der Waals surface area contributed by atoms with Crippen LogP contribution in [0.3, 0.4) is 0 Å². The minimum Gasteiger partial charge on any atom is -0.457 e. The normalized spacial score (nSPS) is 40.2. The second-order valence-electron chi connectivity index (χ2n) is 12.6. The van der Waals surface area contributed by atoms with E-state index in [2.05, 4.69) is 0 Å². The van der Waals surface area contributed by atoms with Gasteiger partial charge in [0, 0.05) is 35.5 Å². The number of aliphatic hydroxyl groups excluding tert-OH is 1. The van der Waals surface area contributed by atoms with E-state index in [4.69, 9.17) is 9.47 Å². The van der Waals surface area contributed by atoms with Crippen LogP contribution < -0.4 is 0 Å². The summed E-state index contributed by atoms with van der Waals surface area (Å²) < 4.78 is 43.8. The highest BCUT2D eigenvalue weighted by molar-refractivity contribution is 6.04. The second kappa shape index (κ2) is 10.8. The molecule has 4 aliphatic rings. The Labute approximate surface area is 234 Å². The van der Waals surface area contributed by atoms with E-state index in [1.54, 1.807) is 20.8 Å². The number of esters is 2. The van der Waals surface area contributed by atoms with Gasteiger partial charge in [-0.3, -0.25) is 19.2 Å². The fraction of sp³-hybridized carbons (Fsp3) is 0.742. The van der Waals surface area contributed by atoms with Crippen LogP contribution in [0.5, 0.6) is 0 Å². The Morgan fingerprint density at radius 3 is 2.48 bits per heavy atom. The number of carbonyl (C=O) groups excluding carboxylic acids is 4. The summed E-state index contributed by atoms with van der Waals surface area (Å²) in [5, 5.41) is 11.6. The lowest BCUT2D eigenvalue weighted by atomic mass is 9.44. The summed E-state index contributed by atoms with van der Waals surface area (Å²) in [6.45, 7) is 8.08. The number of hydrogen-bond acceptors (Lipinski definition) is 7. The zero-order valence-electron chi connectivity index (χ0n) is 24.2. The third-order valence-corrected chi connectivity index (χ3v) is 10.6. The van der Waals surface area contributed by atoms with E-state index in [9.17, 15) is 28.7 Å². The van der Waals surface area contributed by atoms with E-state index in [0.29, 0.717) is 12.8 Å². The fourth-order valence-electron chi connectivity index (χ4n) is 8.57. The molecule has 4 aliphatic carbocycles. The van der Waals surface area contributed by atoms with Gasteiger partial charge in [0.25, 0.3) is 0 Å². The van der Waals surface area contributed by atoms with E-state index in [-0.39, 0.29) is 37.7 Å². The molecule has 3 saturated carbocycles. The fourth-order valence-corrected chi connectivity index (χ4v) is 8.57. The number of unbranched alkanes of at least 4 members (excludes halogenated alkanes) is 2. The molecule has 0 aromatic rings. The van der Waals surface area contributed by atoms with Crippen molar-refractivity contribution in [1.82, 2.24) is 0 Å². The summed E-state index contributed by atoms with van der Waals surface area (Å²) in [6.07, 6.45) is 3.75. The summed E-state index contributed by atoms with van der Waals surface area (Å²) in [4.78, 5) is 51.2. The van der Waals surface area contributed by atoms with E-state index in [1.807, 2.05) is 6.92 Å². The van der Waals surface area contributed by atoms with Crippen LogP contribution in [0.2, 0.25) is 0 Å². The number of ether oxygens (including phenoxy) is 2. The average Bonchev–Trinajstić information content (AvgIpc) is 3.12. The predicted octanol–water partition coefficient (Wildman–Crippen LogP) is 5.29. The quantitative estimate of drug-likeness (QED) is 0.300. The summed E-state index contributed by atoms with van der Waals surface area (Å²) >= 11 is 0. The molecule has 1 N–H and O–H groups in total. The van der Waals surface area contributed by atoms with E-state index >= 15 is 4.39 Å². The van der Waals surface area contributed by atoms with Crippen molar-refractivity contribution in [1.29, 1.82) is 0 Å². The Bertz CT molecular complexity index is 1150. The third kappa shape index (κ3) is 4.21. The van der Waals surface area contributed by atoms with Crippen molar-refractivity contribution in [3.05, 3.63) is 23.6 Å². The Balaban J connectivity index is 1.73. The Morgan fingerprint density at radius 1 is 1.12 bits per heavy atom. The molecule has 0 amide bonds. The highest BCUT2D eigenvalue weighted by atomic mass is 19.1. The molecule has 0 unspecified atom stereocenters. The van der Waals surface area contributed by atoms with Gasteiger partial charge in [-0.25, -0.2) is 8.78 Å². The smallest absolute Gasteiger partial charge is 0.306 e. The number of hydrogen-bond donors (Lipinski definition) is 1. The monoisotopic (exact) mass is 564 g/mol. The predicted molar refractivity (Wildman–Crippen MR) is 142 cm³/mol. The number of halogens is 2. The van der Waals surface area contributed by atoms with Crippen molar-refractivity contribution < 1.29 is 42.5 Å². The number of Topliss-reactive ketones (excluding diaryl/α,β-unsaturated/α-hetero) is 1. The van der Waals surface area contributed by atoms with Crippen molar-refractivity contribution in [2.75, 3.05) is 6.61 Å². The van der Waals surface area contributed by atoms with Gasteiger partial charge in [0.2, 0.25) is 11.6 Å². The standard InChI is InChI=1S/C31H42F2O7/c1-6-8-9-10-26(38)39-17-24(36)31(40-25(37)7-2)18(3)15-21-19-11-12-20-27(32)22(34)13-14-28(20,4)30(19,33)23(35)16-29(21,31)5/h13-14,18-19,21,23,35H,6-12,15-17H2,1-5H3/t18-,19+,21+,23+,28+,29+,30+,31+/m1/s1. The van der Waals surface area contributed by atoms with Crippen LogP contribution >= 0.6 is 0 Å². The molecule has 0 aromatic heterocycles. The van der Waals surface area contributed by atoms with E-state index in [1.165, 1.54) is 13.0 Å². The molecule has 3 fully saturated rings. The van der Waals surface area contributed by atoms with Crippen molar-refractivity contribution in [2.45, 2.75) is 110 Å². The van der Waals surface area contributed by atoms with E-state index in [0.717, 1.165) is 18.9 Å². The second-order valence-corrected chi connectivity index (χ2v) is 12.6. The first-order valence-electron chi connectivity index (χ1n) is 14.6. The zero-order valence-corrected chi connectivity index (χ0v) is 24.2. The summed E-state index contributed by atoms with van der Waals surface area (Å²) in [5.41, 5.74) is -6.70. The van der Waals surface area contributed by atoms with Crippen molar-refractivity contribution >= 4 is 23.5 Å². The lowest BCUT2D eigenvalue weighted by Gasteiger charge is -2.62. The Morgan fingerprint density at radius 2 is 1.82 bits per heavy atom. The molecule has 0 aromatic carbocycles. The highest BCUT2D eigenvalue weighted by Gasteiger charge is 2.77. The maximum Gasteiger partial charge on any atom is 0.306 e. The number of carbonyl (C=O) groups is 4. The minimum absolute atomic E-state index is 0.00264. The molecule has 0 spiro atoms. The number of alkyl halides is 1. The van der Waals surface area contributed by atoms with Crippen LogP contribution in [0.1, 0.15) is 92.4 Å². The van der Waals surface area contributed by atoms with Crippen molar-refractivity contribution in [2.24, 2.45) is 28.6 Å². The van der Waals surface area contributed by atoms with Crippen LogP contribution in [-0.2, 0) is 28.7 Å². The molecular formula is C31H42F2O7. The number of rotatable bonds is 9. The van der Waals surface area contributed by atoms with Gasteiger partial charge in [-0.05, 0) is 56.6 Å². The van der Waals surface area contributed by atoms with Gasteiger partial charge in [0.05, 0.1) is 6.10 Å². The van der Waals surface area contributed by atoms with Crippen LogP contribution in [0.25, 0.3) is 0 Å². The first-order chi connectivity index (χ1) is 18.7. The Kier molecular flexibility index (Phi) is 8.22. The first-order valence-corrected chi connectivity index (χ1v) is 14.6. The van der Waals surface area contributed by atoms with Gasteiger partial charge in [-0.2, -0.15) is 0 Å². The van der Waals surface area contributed by atoms with Crippen LogP contribution in [0, 0.1) is 28.6 Å². The zero-order chi connectivity index (χ0) is 29.7. The molecule has 0 saturated heterocycles. The van der Waals surface area contributed by atoms with Gasteiger partial charge >= 0.3 is 11.9 Å². The topological polar surface area (TPSA) is 107 Å². The summed E-state index contributed by atoms with van der Waals surface area (Å²) in [5.74, 6) is -5.33. The molecule has 222 valence electrons. The lowest BCUT2D eigenvalue weighted by Crippen LogP contribution is -2.70. The summed E-state index contributed by atoms with van der Waals surface area (Å²) in [6, 6.07) is 0. The molecule has 40 heavy (non-hydrogen) atoms. The molecule has 8 atom stereocenters. The van der Waals surface area contributed by atoms with Crippen LogP contribution in [-0.4, -0.2) is 52.6 Å². The molecule has 4 rings (SSSR count). The third-order valence-electron chi connectivity index (χ3n) is 10.6. The van der Waals surface area contributed by atoms with Crippen molar-refractivity contribution in [3.8, 4) is 0 Å². The highest BCUT2D eigenvalue weighted by Crippen LogP contribution is 2.71. The molecule has 9 heteroatoms. The number of ketones is 2. The lowest BCUT2D eigenvalue weighted by molar-refractivity contribution is -0.228. The molecule has 0 radical (unpaired) electrons. The van der Waals surface area contributed by atoms with Crippen molar-refractivity contribution in [3.63, 3.8) is 0 Å². The molecular weight excluding hydrogens is 522 g/mol. The minimum atomic E-state index is -2.31. The van der Waals surface area contributed by atoms with Gasteiger partial charge in [-0.1, -0.05) is 46.6 Å². The number of allylic oxidation sites excluding steroid dienone is 4. The van der Waals surface area contributed by atoms with Gasteiger partial charge in [-0.15, -0.1) is 0 Å². The largest absolute Gasteiger partial charge is 0.457 e. The Hall–Kier alpha value is -2.42. The maximum absolute atomic E-state index is 17.5. The maximum atomic E-state index is 17.5. The van der Waals surface area contributed by atoms with E-state index < -0.39 is 81.9 Å². The SMILES string of the molecule is CCCCCC(=O)OCC(=O)[C@@]1(OC(=O)CC)[C@H](C)C[C@H]2[C@@H]3CCC4=C(F)C(=O)C=C[C@]4(C)[C@@]3(F)[C@@H](O)C[C@@]21C. The average molecular weight is 565 g/mol. The first kappa shape index (κ1) is 30.5. The number of aliphatic hydroxyl groups is 1. The molecule has 0 aliphatic heterocycles. The molecule has 0 bridgehead atoms. The van der Waals surface area contributed by atoms with Gasteiger partial charge < -0.3 is 14.6 Å². The van der Waals surface area contributed by atoms with Gasteiger partial charge in [0.1, 0.15) is 0 Å². The number of fused-ring (bicyclic) bond motifs is 5. The van der Waals surface area contributed by atoms with Gasteiger partial charge in [0.15, 0.2) is 23.7 Å². The van der Waals surface area contributed by atoms with Crippen LogP contribution in [0.4, 0.5) is 8.78 Å².